The van der Waals surface area contributed by atoms with Crippen LogP contribution in [0, 0.1) is 5.92 Å². The van der Waals surface area contributed by atoms with Crippen molar-refractivity contribution in [1.29, 1.82) is 0 Å². The molecule has 0 spiro atoms. The minimum Gasteiger partial charge on any atom is -0.476 e. The summed E-state index contributed by atoms with van der Waals surface area (Å²) in [7, 11) is 0. The van der Waals surface area contributed by atoms with Gasteiger partial charge >= 0.3 is 0 Å². The normalized spacial score (nSPS) is 12.3. The highest BCUT2D eigenvalue weighted by Crippen LogP contribution is 2.20. The molecule has 0 aliphatic rings. The fraction of sp³-hybridized carbons (Fsp3) is 0.538. The molecule has 3 N–H and O–H groups in total. The molecular weight excluding hydrogens is 230 g/mol. The summed E-state index contributed by atoms with van der Waals surface area (Å²) < 4.78 is 5.33. The Morgan fingerprint density at radius 3 is 2.89 bits per heavy atom. The molecule has 1 aromatic rings. The number of nitrogens with one attached hydrogen (secondary N) is 1. The van der Waals surface area contributed by atoms with E-state index in [0.29, 0.717) is 30.5 Å². The molecule has 5 nitrogen and oxygen atoms in total. The molecular formula is C13H21N3O2. The summed E-state index contributed by atoms with van der Waals surface area (Å²) in [6.07, 6.45) is 2.27. The van der Waals surface area contributed by atoms with Gasteiger partial charge in [-0.1, -0.05) is 13.8 Å². The molecule has 18 heavy (non-hydrogen) atoms. The molecule has 5 heteroatoms. The van der Waals surface area contributed by atoms with Crippen LogP contribution in [0.5, 0.6) is 5.88 Å². The lowest BCUT2D eigenvalue weighted by molar-refractivity contribution is -0.117. The van der Waals surface area contributed by atoms with E-state index < -0.39 is 6.04 Å². The molecule has 0 radical (unpaired) electrons. The highest BCUT2D eigenvalue weighted by atomic mass is 16.5. The number of hydrogen-bond donors (Lipinski definition) is 2. The van der Waals surface area contributed by atoms with E-state index >= 15 is 0 Å². The smallest absolute Gasteiger partial charge is 0.241 e. The summed E-state index contributed by atoms with van der Waals surface area (Å²) in [5.41, 5.74) is 6.38. The van der Waals surface area contributed by atoms with Crippen LogP contribution in [0.1, 0.15) is 27.2 Å². The van der Waals surface area contributed by atoms with Gasteiger partial charge in [0.2, 0.25) is 11.8 Å². The molecule has 0 bridgehead atoms. The fourth-order valence-corrected chi connectivity index (χ4v) is 1.58. The van der Waals surface area contributed by atoms with E-state index in [-0.39, 0.29) is 5.91 Å². The monoisotopic (exact) mass is 251 g/mol. The molecule has 0 aliphatic carbocycles. The summed E-state index contributed by atoms with van der Waals surface area (Å²) in [5.74, 6) is 0.591. The molecule has 1 aromatic heterocycles. The third kappa shape index (κ3) is 4.33. The molecule has 0 aromatic carbocycles. The molecule has 1 heterocycles. The van der Waals surface area contributed by atoms with E-state index in [0.717, 1.165) is 0 Å². The van der Waals surface area contributed by atoms with Crippen LogP contribution in [0.4, 0.5) is 5.69 Å². The van der Waals surface area contributed by atoms with Gasteiger partial charge in [0.05, 0.1) is 12.6 Å². The van der Waals surface area contributed by atoms with Crippen molar-refractivity contribution in [3.63, 3.8) is 0 Å². The van der Waals surface area contributed by atoms with Crippen LogP contribution in [-0.2, 0) is 4.79 Å². The molecule has 1 atom stereocenters. The van der Waals surface area contributed by atoms with Crippen LogP contribution in [0.15, 0.2) is 18.3 Å². The van der Waals surface area contributed by atoms with Gasteiger partial charge in [-0.2, -0.15) is 0 Å². The van der Waals surface area contributed by atoms with Gasteiger partial charge in [0.1, 0.15) is 5.69 Å². The maximum absolute atomic E-state index is 11.9. The molecule has 0 aliphatic heterocycles. The van der Waals surface area contributed by atoms with Crippen molar-refractivity contribution in [3.8, 4) is 5.88 Å². The van der Waals surface area contributed by atoms with Crippen molar-refractivity contribution in [2.45, 2.75) is 33.2 Å². The van der Waals surface area contributed by atoms with Gasteiger partial charge in [0.15, 0.2) is 0 Å². The quantitative estimate of drug-likeness (QED) is 0.808. The number of nitrogens with two attached hydrogens (primary N) is 1. The van der Waals surface area contributed by atoms with E-state index in [1.165, 1.54) is 0 Å². The lowest BCUT2D eigenvalue weighted by Gasteiger charge is -2.15. The number of pyridine rings is 1. The highest BCUT2D eigenvalue weighted by Gasteiger charge is 2.16. The van der Waals surface area contributed by atoms with E-state index in [2.05, 4.69) is 10.3 Å². The van der Waals surface area contributed by atoms with Gasteiger partial charge in [-0.3, -0.25) is 4.79 Å². The van der Waals surface area contributed by atoms with E-state index in [1.807, 2.05) is 20.8 Å². The Bertz CT molecular complexity index is 394. The number of carbonyl (C=O) groups is 1. The van der Waals surface area contributed by atoms with Crippen LogP contribution in [0.2, 0.25) is 0 Å². The first-order valence-electron chi connectivity index (χ1n) is 6.18. The predicted octanol–water partition coefficient (Wildman–Crippen LogP) is 1.79. The summed E-state index contributed by atoms with van der Waals surface area (Å²) in [6.45, 7) is 6.42. The fourth-order valence-electron chi connectivity index (χ4n) is 1.58. The molecule has 1 amide bonds. The summed E-state index contributed by atoms with van der Waals surface area (Å²) >= 11 is 0. The van der Waals surface area contributed by atoms with E-state index in [4.69, 9.17) is 10.5 Å². The number of ether oxygens (including phenoxy) is 1. The van der Waals surface area contributed by atoms with Crippen molar-refractivity contribution >= 4 is 11.6 Å². The summed E-state index contributed by atoms with van der Waals surface area (Å²) in [6, 6.07) is 2.98. The number of nitrogens with zero attached hydrogens (tertiary/aromatic N) is 1. The maximum Gasteiger partial charge on any atom is 0.241 e. The summed E-state index contributed by atoms with van der Waals surface area (Å²) in [4.78, 5) is 15.9. The molecule has 100 valence electrons. The average molecular weight is 251 g/mol. The Labute approximate surface area is 108 Å². The number of carbonyl (C=O) groups excluding carboxylic acids is 1. The first-order chi connectivity index (χ1) is 8.54. The van der Waals surface area contributed by atoms with Crippen molar-refractivity contribution in [1.82, 2.24) is 4.98 Å². The Hall–Kier alpha value is -1.62. The second kappa shape index (κ2) is 6.96. The highest BCUT2D eigenvalue weighted by molar-refractivity contribution is 5.95. The van der Waals surface area contributed by atoms with Gasteiger partial charge in [0, 0.05) is 6.20 Å². The lowest BCUT2D eigenvalue weighted by atomic mass is 10.0. The van der Waals surface area contributed by atoms with Crippen molar-refractivity contribution in [3.05, 3.63) is 18.3 Å². The van der Waals surface area contributed by atoms with Crippen molar-refractivity contribution in [2.24, 2.45) is 11.7 Å². The third-order valence-electron chi connectivity index (χ3n) is 2.37. The number of anilines is 1. The van der Waals surface area contributed by atoms with Gasteiger partial charge in [-0.25, -0.2) is 4.98 Å². The zero-order valence-corrected chi connectivity index (χ0v) is 11.1. The zero-order valence-electron chi connectivity index (χ0n) is 11.1. The number of hydrogen-bond acceptors (Lipinski definition) is 4. The summed E-state index contributed by atoms with van der Waals surface area (Å²) in [5, 5.41) is 2.75. The SMILES string of the molecule is CCOc1ncccc1NC(=O)[C@H](N)CC(C)C. The first-order valence-corrected chi connectivity index (χ1v) is 6.18. The van der Waals surface area contributed by atoms with Crippen LogP contribution < -0.4 is 15.8 Å². The van der Waals surface area contributed by atoms with Crippen LogP contribution in [0.3, 0.4) is 0 Å². The Balaban J connectivity index is 2.69. The first kappa shape index (κ1) is 14.4. The zero-order chi connectivity index (χ0) is 13.5. The second-order valence-corrected chi connectivity index (χ2v) is 4.51. The van der Waals surface area contributed by atoms with Crippen molar-refractivity contribution < 1.29 is 9.53 Å². The lowest BCUT2D eigenvalue weighted by Crippen LogP contribution is -2.36. The number of amides is 1. The van der Waals surface area contributed by atoms with Crippen LogP contribution in [0.25, 0.3) is 0 Å². The van der Waals surface area contributed by atoms with Crippen LogP contribution in [-0.4, -0.2) is 23.5 Å². The molecule has 0 saturated carbocycles. The largest absolute Gasteiger partial charge is 0.476 e. The molecule has 0 unspecified atom stereocenters. The van der Waals surface area contributed by atoms with Gasteiger partial charge < -0.3 is 15.8 Å². The topological polar surface area (TPSA) is 77.2 Å². The maximum atomic E-state index is 11.9. The minimum atomic E-state index is -0.514. The van der Waals surface area contributed by atoms with Gasteiger partial charge in [0.25, 0.3) is 0 Å². The third-order valence-corrected chi connectivity index (χ3v) is 2.37. The van der Waals surface area contributed by atoms with Gasteiger partial charge in [-0.15, -0.1) is 0 Å². The van der Waals surface area contributed by atoms with Crippen LogP contribution >= 0.6 is 0 Å². The van der Waals surface area contributed by atoms with E-state index in [1.54, 1.807) is 18.3 Å². The predicted molar refractivity (Wildman–Crippen MR) is 71.5 cm³/mol. The van der Waals surface area contributed by atoms with Crippen molar-refractivity contribution in [2.75, 3.05) is 11.9 Å². The molecule has 0 saturated heterocycles. The standard InChI is InChI=1S/C13H21N3O2/c1-4-18-13-11(6-5-7-15-13)16-12(17)10(14)8-9(2)3/h5-7,9-10H,4,8,14H2,1-3H3,(H,16,17)/t10-/m1/s1. The second-order valence-electron chi connectivity index (χ2n) is 4.51. The number of rotatable bonds is 6. The Morgan fingerprint density at radius 2 is 2.28 bits per heavy atom. The molecule has 0 fully saturated rings. The average Bonchev–Trinajstić information content (AvgIpc) is 2.31. The van der Waals surface area contributed by atoms with E-state index in [9.17, 15) is 4.79 Å². The minimum absolute atomic E-state index is 0.211. The Kier molecular flexibility index (Phi) is 5.58. The molecule has 1 rings (SSSR count). The van der Waals surface area contributed by atoms with Gasteiger partial charge in [-0.05, 0) is 31.4 Å². The number of aromatic nitrogens is 1. The Morgan fingerprint density at radius 1 is 1.56 bits per heavy atom.